The lowest BCUT2D eigenvalue weighted by Gasteiger charge is -2.31. The van der Waals surface area contributed by atoms with Crippen LogP contribution in [0.3, 0.4) is 0 Å². The van der Waals surface area contributed by atoms with Crippen LogP contribution >= 0.6 is 0 Å². The molecule has 0 radical (unpaired) electrons. The molecule has 0 atom stereocenters. The molecule has 0 aromatic heterocycles. The third kappa shape index (κ3) is 2.77. The zero-order valence-electron chi connectivity index (χ0n) is 14.5. The van der Waals surface area contributed by atoms with Gasteiger partial charge in [-0.1, -0.05) is 6.07 Å². The second-order valence-corrected chi connectivity index (χ2v) is 6.21. The van der Waals surface area contributed by atoms with Crippen LogP contribution in [0.2, 0.25) is 0 Å². The SMILES string of the molecule is COC(=O)c1cccc2c1CCCN2C(=O)c1ccc2c(c1)OCCO2. The van der Waals surface area contributed by atoms with Crippen LogP contribution in [0.25, 0.3) is 0 Å². The Balaban J connectivity index is 1.70. The second kappa shape index (κ2) is 6.71. The third-order valence-corrected chi connectivity index (χ3v) is 4.69. The first-order chi connectivity index (χ1) is 12.7. The van der Waals surface area contributed by atoms with E-state index in [1.165, 1.54) is 7.11 Å². The number of carbonyl (C=O) groups excluding carboxylic acids is 2. The molecule has 26 heavy (non-hydrogen) atoms. The second-order valence-electron chi connectivity index (χ2n) is 6.21. The van der Waals surface area contributed by atoms with E-state index in [4.69, 9.17) is 14.2 Å². The molecular weight excluding hydrogens is 334 g/mol. The van der Waals surface area contributed by atoms with E-state index < -0.39 is 0 Å². The molecule has 6 nitrogen and oxygen atoms in total. The predicted octanol–water partition coefficient (Wildman–Crippen LogP) is 2.84. The standard InChI is InChI=1S/C20H19NO5/c1-24-20(23)15-4-2-6-16-14(15)5-3-9-21(16)19(22)13-7-8-17-18(12-13)26-11-10-25-17/h2,4,6-8,12H,3,5,9-11H2,1H3. The van der Waals surface area contributed by atoms with Gasteiger partial charge in [0.15, 0.2) is 11.5 Å². The Morgan fingerprint density at radius 1 is 1.08 bits per heavy atom. The first kappa shape index (κ1) is 16.4. The van der Waals surface area contributed by atoms with E-state index in [0.717, 1.165) is 24.1 Å². The zero-order chi connectivity index (χ0) is 18.1. The molecule has 0 aliphatic carbocycles. The van der Waals surface area contributed by atoms with Crippen LogP contribution in [0.1, 0.15) is 32.7 Å². The molecule has 0 bridgehead atoms. The molecule has 0 fully saturated rings. The van der Waals surface area contributed by atoms with Crippen molar-refractivity contribution in [3.05, 3.63) is 53.1 Å². The van der Waals surface area contributed by atoms with Gasteiger partial charge in [0, 0.05) is 17.8 Å². The lowest BCUT2D eigenvalue weighted by molar-refractivity contribution is 0.0599. The Morgan fingerprint density at radius 3 is 2.69 bits per heavy atom. The summed E-state index contributed by atoms with van der Waals surface area (Å²) in [7, 11) is 1.36. The first-order valence-corrected chi connectivity index (χ1v) is 8.61. The maximum Gasteiger partial charge on any atom is 0.338 e. The minimum absolute atomic E-state index is 0.120. The molecule has 1 amide bonds. The van der Waals surface area contributed by atoms with Gasteiger partial charge in [-0.25, -0.2) is 4.79 Å². The molecule has 2 aliphatic heterocycles. The maximum absolute atomic E-state index is 13.1. The van der Waals surface area contributed by atoms with Crippen LogP contribution in [-0.4, -0.2) is 38.7 Å². The number of anilines is 1. The monoisotopic (exact) mass is 353 g/mol. The van der Waals surface area contributed by atoms with Crippen LogP contribution in [0, 0.1) is 0 Å². The number of methoxy groups -OCH3 is 1. The number of fused-ring (bicyclic) bond motifs is 2. The van der Waals surface area contributed by atoms with Crippen molar-refractivity contribution < 1.29 is 23.8 Å². The molecule has 0 N–H and O–H groups in total. The topological polar surface area (TPSA) is 65.1 Å². The Kier molecular flexibility index (Phi) is 4.24. The summed E-state index contributed by atoms with van der Waals surface area (Å²) in [5.74, 6) is 0.739. The smallest absolute Gasteiger partial charge is 0.338 e. The average molecular weight is 353 g/mol. The molecule has 4 rings (SSSR count). The van der Waals surface area contributed by atoms with Gasteiger partial charge in [-0.05, 0) is 48.7 Å². The van der Waals surface area contributed by atoms with E-state index in [-0.39, 0.29) is 11.9 Å². The molecule has 2 aromatic carbocycles. The summed E-state index contributed by atoms with van der Waals surface area (Å²) >= 11 is 0. The molecule has 0 spiro atoms. The summed E-state index contributed by atoms with van der Waals surface area (Å²) in [6.07, 6.45) is 1.53. The van der Waals surface area contributed by atoms with Crippen molar-refractivity contribution in [2.75, 3.05) is 31.8 Å². The van der Waals surface area contributed by atoms with Gasteiger partial charge in [0.05, 0.1) is 12.7 Å². The lowest BCUT2D eigenvalue weighted by atomic mass is 9.95. The Labute approximate surface area is 151 Å². The summed E-state index contributed by atoms with van der Waals surface area (Å²) in [5.41, 5.74) is 2.67. The Hall–Kier alpha value is -3.02. The summed E-state index contributed by atoms with van der Waals surface area (Å²) in [6.45, 7) is 1.58. The van der Waals surface area contributed by atoms with Crippen molar-refractivity contribution in [1.29, 1.82) is 0 Å². The summed E-state index contributed by atoms with van der Waals surface area (Å²) in [6, 6.07) is 10.6. The van der Waals surface area contributed by atoms with Gasteiger partial charge in [0.2, 0.25) is 0 Å². The number of ether oxygens (including phenoxy) is 3. The highest BCUT2D eigenvalue weighted by Gasteiger charge is 2.28. The highest BCUT2D eigenvalue weighted by molar-refractivity contribution is 6.08. The summed E-state index contributed by atoms with van der Waals surface area (Å²) in [4.78, 5) is 26.9. The lowest BCUT2D eigenvalue weighted by Crippen LogP contribution is -2.36. The minimum atomic E-state index is -0.379. The van der Waals surface area contributed by atoms with Crippen LogP contribution < -0.4 is 14.4 Å². The molecule has 0 unspecified atom stereocenters. The molecule has 6 heteroatoms. The predicted molar refractivity (Wildman–Crippen MR) is 95.2 cm³/mol. The maximum atomic E-state index is 13.1. The normalized spacial score (nSPS) is 15.2. The largest absolute Gasteiger partial charge is 0.486 e. The van der Waals surface area contributed by atoms with Crippen molar-refractivity contribution in [3.63, 3.8) is 0 Å². The molecular formula is C20H19NO5. The fourth-order valence-corrected chi connectivity index (χ4v) is 3.47. The van der Waals surface area contributed by atoms with Crippen LogP contribution in [0.5, 0.6) is 11.5 Å². The van der Waals surface area contributed by atoms with Gasteiger partial charge in [-0.3, -0.25) is 4.79 Å². The van der Waals surface area contributed by atoms with Crippen LogP contribution in [-0.2, 0) is 11.2 Å². The van der Waals surface area contributed by atoms with Gasteiger partial charge in [-0.15, -0.1) is 0 Å². The fourth-order valence-electron chi connectivity index (χ4n) is 3.47. The number of benzene rings is 2. The summed E-state index contributed by atoms with van der Waals surface area (Å²) < 4.78 is 16.0. The van der Waals surface area contributed by atoms with Gasteiger partial charge < -0.3 is 19.1 Å². The molecule has 0 saturated heterocycles. The number of rotatable bonds is 2. The molecule has 2 aliphatic rings. The highest BCUT2D eigenvalue weighted by atomic mass is 16.6. The van der Waals surface area contributed by atoms with E-state index in [9.17, 15) is 9.59 Å². The highest BCUT2D eigenvalue weighted by Crippen LogP contribution is 2.34. The van der Waals surface area contributed by atoms with Crippen LogP contribution in [0.15, 0.2) is 36.4 Å². The number of nitrogens with zero attached hydrogens (tertiary/aromatic N) is 1. The zero-order valence-corrected chi connectivity index (χ0v) is 14.5. The first-order valence-electron chi connectivity index (χ1n) is 8.61. The number of hydrogen-bond acceptors (Lipinski definition) is 5. The van der Waals surface area contributed by atoms with Crippen molar-refractivity contribution in [2.45, 2.75) is 12.8 Å². The van der Waals surface area contributed by atoms with Crippen molar-refractivity contribution in [3.8, 4) is 11.5 Å². The van der Waals surface area contributed by atoms with E-state index in [0.29, 0.717) is 42.4 Å². The molecule has 2 heterocycles. The van der Waals surface area contributed by atoms with E-state index in [1.807, 2.05) is 6.07 Å². The Bertz CT molecular complexity index is 877. The van der Waals surface area contributed by atoms with Gasteiger partial charge in [0.1, 0.15) is 13.2 Å². The number of carbonyl (C=O) groups is 2. The number of hydrogen-bond donors (Lipinski definition) is 0. The number of amides is 1. The fraction of sp³-hybridized carbons (Fsp3) is 0.300. The average Bonchev–Trinajstić information content (AvgIpc) is 2.71. The molecule has 0 saturated carbocycles. The van der Waals surface area contributed by atoms with Crippen molar-refractivity contribution in [1.82, 2.24) is 0 Å². The van der Waals surface area contributed by atoms with Gasteiger partial charge >= 0.3 is 5.97 Å². The van der Waals surface area contributed by atoms with Crippen LogP contribution in [0.4, 0.5) is 5.69 Å². The van der Waals surface area contributed by atoms with Gasteiger partial charge in [-0.2, -0.15) is 0 Å². The van der Waals surface area contributed by atoms with Crippen molar-refractivity contribution >= 4 is 17.6 Å². The Morgan fingerprint density at radius 2 is 1.88 bits per heavy atom. The van der Waals surface area contributed by atoms with E-state index >= 15 is 0 Å². The molecule has 134 valence electrons. The number of esters is 1. The molecule has 2 aromatic rings. The minimum Gasteiger partial charge on any atom is -0.486 e. The quantitative estimate of drug-likeness (QED) is 0.777. The van der Waals surface area contributed by atoms with Gasteiger partial charge in [0.25, 0.3) is 5.91 Å². The summed E-state index contributed by atoms with van der Waals surface area (Å²) in [5, 5.41) is 0. The third-order valence-electron chi connectivity index (χ3n) is 4.69. The van der Waals surface area contributed by atoms with E-state index in [1.54, 1.807) is 35.2 Å². The van der Waals surface area contributed by atoms with Crippen molar-refractivity contribution in [2.24, 2.45) is 0 Å². The van der Waals surface area contributed by atoms with E-state index in [2.05, 4.69) is 0 Å².